The van der Waals surface area contributed by atoms with E-state index in [4.69, 9.17) is 17.3 Å². The molecule has 0 atom stereocenters. The number of hydrogen-bond acceptors (Lipinski definition) is 3. The van der Waals surface area contributed by atoms with Crippen molar-refractivity contribution in [2.75, 3.05) is 5.32 Å². The molecule has 0 aliphatic heterocycles. The van der Waals surface area contributed by atoms with Crippen LogP contribution in [0.2, 0.25) is 5.02 Å². The lowest BCUT2D eigenvalue weighted by molar-refractivity contribution is -0.136. The van der Waals surface area contributed by atoms with E-state index in [1.54, 1.807) is 25.1 Å². The van der Waals surface area contributed by atoms with Crippen molar-refractivity contribution in [3.05, 3.63) is 64.2 Å². The van der Waals surface area contributed by atoms with Gasteiger partial charge in [-0.2, -0.15) is 0 Å². The molecule has 0 heterocycles. The minimum atomic E-state index is -0.731. The summed E-state index contributed by atoms with van der Waals surface area (Å²) in [6, 6.07) is 12.6. The number of rotatable bonds is 4. The first-order valence-corrected chi connectivity index (χ1v) is 7.51. The molecule has 0 aliphatic rings. The smallest absolute Gasteiger partial charge is 0.313 e. The fourth-order valence-corrected chi connectivity index (χ4v) is 2.23. The van der Waals surface area contributed by atoms with Gasteiger partial charge in [-0.05, 0) is 35.7 Å². The molecule has 120 valence electrons. The molecular weight excluding hydrogens is 314 g/mol. The molecule has 0 fully saturated rings. The number of hydrogen-bond donors (Lipinski definition) is 3. The molecule has 0 spiro atoms. The summed E-state index contributed by atoms with van der Waals surface area (Å²) in [5.74, 6) is -1.44. The topological polar surface area (TPSA) is 84.2 Å². The van der Waals surface area contributed by atoms with Gasteiger partial charge in [-0.15, -0.1) is 0 Å². The number of carbonyl (C=O) groups excluding carboxylic acids is 2. The fourth-order valence-electron chi connectivity index (χ4n) is 2.05. The highest BCUT2D eigenvalue weighted by atomic mass is 35.5. The summed E-state index contributed by atoms with van der Waals surface area (Å²) >= 11 is 5.98. The average Bonchev–Trinajstić information content (AvgIpc) is 2.57. The molecule has 2 rings (SSSR count). The highest BCUT2D eigenvalue weighted by Crippen LogP contribution is 2.22. The molecule has 2 amide bonds. The molecule has 2 aromatic carbocycles. The molecule has 0 radical (unpaired) electrons. The first-order valence-electron chi connectivity index (χ1n) is 7.13. The van der Waals surface area contributed by atoms with Crippen LogP contribution in [0.5, 0.6) is 0 Å². The predicted octanol–water partition coefficient (Wildman–Crippen LogP) is 2.36. The van der Waals surface area contributed by atoms with E-state index in [2.05, 4.69) is 10.6 Å². The first-order chi connectivity index (χ1) is 11.0. The van der Waals surface area contributed by atoms with Gasteiger partial charge in [0.15, 0.2) is 0 Å². The van der Waals surface area contributed by atoms with Crippen LogP contribution in [0.4, 0.5) is 5.69 Å². The number of carbonyl (C=O) groups is 2. The molecule has 4 N–H and O–H groups in total. The van der Waals surface area contributed by atoms with Crippen LogP contribution in [0.3, 0.4) is 0 Å². The maximum atomic E-state index is 11.9. The van der Waals surface area contributed by atoms with Crippen molar-refractivity contribution in [1.29, 1.82) is 0 Å². The van der Waals surface area contributed by atoms with E-state index in [-0.39, 0.29) is 6.54 Å². The zero-order valence-electron chi connectivity index (χ0n) is 12.7. The molecule has 0 saturated carbocycles. The number of amides is 2. The van der Waals surface area contributed by atoms with Crippen LogP contribution in [0.25, 0.3) is 0 Å². The second kappa shape index (κ2) is 7.76. The van der Waals surface area contributed by atoms with Crippen molar-refractivity contribution in [2.24, 2.45) is 5.73 Å². The van der Waals surface area contributed by atoms with Gasteiger partial charge in [0.2, 0.25) is 0 Å². The normalized spacial score (nSPS) is 10.2. The number of benzene rings is 2. The molecule has 0 aromatic heterocycles. The van der Waals surface area contributed by atoms with Crippen molar-refractivity contribution in [1.82, 2.24) is 5.32 Å². The number of anilines is 1. The van der Waals surface area contributed by atoms with Crippen molar-refractivity contribution in [3.8, 4) is 0 Å². The Bertz CT molecular complexity index is 732. The quantitative estimate of drug-likeness (QED) is 0.752. The molecule has 5 nitrogen and oxygen atoms in total. The Hall–Kier alpha value is -2.37. The summed E-state index contributed by atoms with van der Waals surface area (Å²) in [6.07, 6.45) is 0. The summed E-state index contributed by atoms with van der Waals surface area (Å²) < 4.78 is 0. The zero-order valence-corrected chi connectivity index (χ0v) is 13.5. The third kappa shape index (κ3) is 4.55. The lowest BCUT2D eigenvalue weighted by Gasteiger charge is -2.10. The molecular formula is C17H18ClN3O2. The Kier molecular flexibility index (Phi) is 5.73. The third-order valence-electron chi connectivity index (χ3n) is 3.40. The zero-order chi connectivity index (χ0) is 16.8. The minimum absolute atomic E-state index is 0.259. The van der Waals surface area contributed by atoms with Gasteiger partial charge in [-0.1, -0.05) is 41.9 Å². The molecule has 2 aromatic rings. The Morgan fingerprint density at radius 3 is 2.52 bits per heavy atom. The standard InChI is InChI=1S/C17H18ClN3O2/c1-11-14(18)6-3-7-15(11)21-17(23)16(22)20-10-13-5-2-4-12(8-13)9-19/h2-8H,9-10,19H2,1H3,(H,20,22)(H,21,23). The molecule has 0 unspecified atom stereocenters. The molecule has 23 heavy (non-hydrogen) atoms. The lowest BCUT2D eigenvalue weighted by atomic mass is 10.1. The van der Waals surface area contributed by atoms with Crippen molar-refractivity contribution < 1.29 is 9.59 Å². The van der Waals surface area contributed by atoms with Gasteiger partial charge in [0.1, 0.15) is 0 Å². The van der Waals surface area contributed by atoms with Crippen LogP contribution in [0.15, 0.2) is 42.5 Å². The van der Waals surface area contributed by atoms with Crippen molar-refractivity contribution in [3.63, 3.8) is 0 Å². The SMILES string of the molecule is Cc1c(Cl)cccc1NC(=O)C(=O)NCc1cccc(CN)c1. The van der Waals surface area contributed by atoms with Gasteiger partial charge in [0, 0.05) is 23.8 Å². The van der Waals surface area contributed by atoms with Crippen LogP contribution >= 0.6 is 11.6 Å². The van der Waals surface area contributed by atoms with E-state index in [9.17, 15) is 9.59 Å². The van der Waals surface area contributed by atoms with E-state index >= 15 is 0 Å². The van der Waals surface area contributed by atoms with E-state index in [1.165, 1.54) is 0 Å². The summed E-state index contributed by atoms with van der Waals surface area (Å²) in [7, 11) is 0. The number of nitrogens with one attached hydrogen (secondary N) is 2. The van der Waals surface area contributed by atoms with Gasteiger partial charge in [-0.3, -0.25) is 9.59 Å². The average molecular weight is 332 g/mol. The first kappa shape index (κ1) is 17.0. The second-order valence-corrected chi connectivity index (χ2v) is 5.48. The largest absolute Gasteiger partial charge is 0.344 e. The third-order valence-corrected chi connectivity index (χ3v) is 3.81. The predicted molar refractivity (Wildman–Crippen MR) is 91.0 cm³/mol. The summed E-state index contributed by atoms with van der Waals surface area (Å²) in [6.45, 7) is 2.46. The van der Waals surface area contributed by atoms with Crippen LogP contribution in [0.1, 0.15) is 16.7 Å². The Morgan fingerprint density at radius 1 is 1.09 bits per heavy atom. The van der Waals surface area contributed by atoms with Crippen molar-refractivity contribution >= 4 is 29.1 Å². The van der Waals surface area contributed by atoms with E-state index in [0.29, 0.717) is 22.8 Å². The Morgan fingerprint density at radius 2 is 1.78 bits per heavy atom. The second-order valence-electron chi connectivity index (χ2n) is 5.07. The monoisotopic (exact) mass is 331 g/mol. The fraction of sp³-hybridized carbons (Fsp3) is 0.176. The van der Waals surface area contributed by atoms with Crippen molar-refractivity contribution in [2.45, 2.75) is 20.0 Å². The van der Waals surface area contributed by atoms with Gasteiger partial charge >= 0.3 is 11.8 Å². The van der Waals surface area contributed by atoms with Crippen LogP contribution in [-0.4, -0.2) is 11.8 Å². The van der Waals surface area contributed by atoms with Gasteiger partial charge in [0.05, 0.1) is 0 Å². The maximum Gasteiger partial charge on any atom is 0.313 e. The van der Waals surface area contributed by atoms with Crippen LogP contribution in [-0.2, 0) is 22.7 Å². The number of halogens is 1. The molecule has 0 bridgehead atoms. The molecule has 0 saturated heterocycles. The lowest BCUT2D eigenvalue weighted by Crippen LogP contribution is -2.35. The molecule has 0 aliphatic carbocycles. The maximum absolute atomic E-state index is 11.9. The Labute approximate surface area is 139 Å². The van der Waals surface area contributed by atoms with Crippen LogP contribution in [0, 0.1) is 6.92 Å². The van der Waals surface area contributed by atoms with Crippen LogP contribution < -0.4 is 16.4 Å². The Balaban J connectivity index is 1.95. The summed E-state index contributed by atoms with van der Waals surface area (Å²) in [5, 5.41) is 5.66. The van der Waals surface area contributed by atoms with E-state index in [0.717, 1.165) is 11.1 Å². The van der Waals surface area contributed by atoms with Gasteiger partial charge in [0.25, 0.3) is 0 Å². The minimum Gasteiger partial charge on any atom is -0.344 e. The van der Waals surface area contributed by atoms with Gasteiger partial charge < -0.3 is 16.4 Å². The highest BCUT2D eigenvalue weighted by Gasteiger charge is 2.15. The van der Waals surface area contributed by atoms with Gasteiger partial charge in [-0.25, -0.2) is 0 Å². The summed E-state index contributed by atoms with van der Waals surface area (Å²) in [4.78, 5) is 23.8. The van der Waals surface area contributed by atoms with E-state index in [1.807, 2.05) is 24.3 Å². The molecule has 6 heteroatoms. The summed E-state index contributed by atoms with van der Waals surface area (Å²) in [5.41, 5.74) is 8.65. The number of nitrogens with two attached hydrogens (primary N) is 1. The van der Waals surface area contributed by atoms with E-state index < -0.39 is 11.8 Å². The highest BCUT2D eigenvalue weighted by molar-refractivity contribution is 6.40.